The minimum absolute atomic E-state index is 0.294. The topological polar surface area (TPSA) is 86.2 Å². The number of ether oxygens (including phenoxy) is 3. The number of halogens is 1. The first kappa shape index (κ1) is 28.3. The average molecular weight is 599 g/mol. The Kier molecular flexibility index (Phi) is 10.2. The van der Waals surface area contributed by atoms with Gasteiger partial charge in [-0.1, -0.05) is 76.6 Å². The summed E-state index contributed by atoms with van der Waals surface area (Å²) in [5, 5.41) is 4.02. The second-order valence-corrected chi connectivity index (χ2v) is 9.50. The van der Waals surface area contributed by atoms with Crippen LogP contribution in [-0.4, -0.2) is 24.2 Å². The Morgan fingerprint density at radius 1 is 0.900 bits per heavy atom. The van der Waals surface area contributed by atoms with E-state index in [0.29, 0.717) is 29.4 Å². The van der Waals surface area contributed by atoms with Crippen LogP contribution in [0.15, 0.2) is 119 Å². The van der Waals surface area contributed by atoms with Crippen molar-refractivity contribution in [3.8, 4) is 17.2 Å². The van der Waals surface area contributed by atoms with E-state index in [0.717, 1.165) is 15.6 Å². The molecule has 0 saturated heterocycles. The zero-order chi connectivity index (χ0) is 28.2. The Morgan fingerprint density at radius 2 is 1.57 bits per heavy atom. The summed E-state index contributed by atoms with van der Waals surface area (Å²) in [5.41, 5.74) is 4.90. The molecule has 1 N–H and O–H groups in total. The van der Waals surface area contributed by atoms with Crippen LogP contribution in [0.1, 0.15) is 23.6 Å². The standard InChI is InChI=1S/C32H27BrN2O5/c1-23(39-29-16-14-28(15-17-29)38-22-25-10-6-3-7-11-25)32(37)35-34-21-26-20-27(33)13-18-30(26)40-31(36)19-12-24-8-4-2-5-9-24/h2-21,23H,22H2,1H3,(H,35,37)/b19-12+,34-21+. The van der Waals surface area contributed by atoms with Crippen molar-refractivity contribution in [3.63, 3.8) is 0 Å². The molecule has 0 bridgehead atoms. The number of amides is 1. The van der Waals surface area contributed by atoms with Crippen LogP contribution in [0.3, 0.4) is 0 Å². The molecule has 7 nitrogen and oxygen atoms in total. The minimum Gasteiger partial charge on any atom is -0.489 e. The predicted octanol–water partition coefficient (Wildman–Crippen LogP) is 6.56. The zero-order valence-corrected chi connectivity index (χ0v) is 23.3. The number of hydrazone groups is 1. The molecular weight excluding hydrogens is 572 g/mol. The van der Waals surface area contributed by atoms with Crippen LogP contribution in [0.5, 0.6) is 17.2 Å². The molecular formula is C32H27BrN2O5. The first-order valence-corrected chi connectivity index (χ1v) is 13.3. The van der Waals surface area contributed by atoms with Crippen LogP contribution in [0.2, 0.25) is 0 Å². The molecule has 0 aliphatic heterocycles. The lowest BCUT2D eigenvalue weighted by Crippen LogP contribution is -2.33. The molecule has 4 rings (SSSR count). The first-order chi connectivity index (χ1) is 19.5. The van der Waals surface area contributed by atoms with Crippen LogP contribution < -0.4 is 19.6 Å². The van der Waals surface area contributed by atoms with Gasteiger partial charge in [0, 0.05) is 16.1 Å². The highest BCUT2D eigenvalue weighted by molar-refractivity contribution is 9.10. The van der Waals surface area contributed by atoms with E-state index >= 15 is 0 Å². The molecule has 1 atom stereocenters. The van der Waals surface area contributed by atoms with E-state index in [1.54, 1.807) is 55.5 Å². The van der Waals surface area contributed by atoms with E-state index in [4.69, 9.17) is 14.2 Å². The Labute approximate surface area is 241 Å². The van der Waals surface area contributed by atoms with Crippen LogP contribution in [0.4, 0.5) is 0 Å². The summed E-state index contributed by atoms with van der Waals surface area (Å²) in [5.74, 6) is 0.522. The van der Waals surface area contributed by atoms with Crippen molar-refractivity contribution in [2.45, 2.75) is 19.6 Å². The summed E-state index contributed by atoms with van der Waals surface area (Å²) in [6, 6.07) is 31.4. The van der Waals surface area contributed by atoms with Crippen LogP contribution in [0, 0.1) is 0 Å². The quantitative estimate of drug-likeness (QED) is 0.0694. The van der Waals surface area contributed by atoms with Gasteiger partial charge in [-0.15, -0.1) is 0 Å². The van der Waals surface area contributed by atoms with E-state index in [1.165, 1.54) is 12.3 Å². The highest BCUT2D eigenvalue weighted by Crippen LogP contribution is 2.23. The second-order valence-electron chi connectivity index (χ2n) is 8.59. The number of esters is 1. The van der Waals surface area contributed by atoms with Crippen molar-refractivity contribution in [2.75, 3.05) is 0 Å². The Hall–Kier alpha value is -4.69. The number of nitrogens with zero attached hydrogens (tertiary/aromatic N) is 1. The molecule has 0 spiro atoms. The Balaban J connectivity index is 1.29. The third-order valence-corrected chi connectivity index (χ3v) is 6.02. The third kappa shape index (κ3) is 8.96. The summed E-state index contributed by atoms with van der Waals surface area (Å²) >= 11 is 3.40. The molecule has 0 saturated carbocycles. The summed E-state index contributed by atoms with van der Waals surface area (Å²) in [6.45, 7) is 2.08. The fourth-order valence-corrected chi connectivity index (χ4v) is 3.83. The lowest BCUT2D eigenvalue weighted by molar-refractivity contribution is -0.129. The number of rotatable bonds is 11. The minimum atomic E-state index is -0.809. The normalized spacial score (nSPS) is 11.8. The van der Waals surface area contributed by atoms with E-state index in [-0.39, 0.29) is 0 Å². The van der Waals surface area contributed by atoms with Crippen molar-refractivity contribution in [1.82, 2.24) is 5.43 Å². The summed E-state index contributed by atoms with van der Waals surface area (Å²) in [6.07, 6.45) is 3.61. The molecule has 0 radical (unpaired) electrons. The second kappa shape index (κ2) is 14.5. The molecule has 0 fully saturated rings. The maximum atomic E-state index is 12.5. The van der Waals surface area contributed by atoms with Gasteiger partial charge >= 0.3 is 5.97 Å². The Bertz CT molecular complexity index is 1470. The monoisotopic (exact) mass is 598 g/mol. The third-order valence-electron chi connectivity index (χ3n) is 5.53. The smallest absolute Gasteiger partial charge is 0.336 e. The maximum absolute atomic E-state index is 12.5. The molecule has 0 heterocycles. The summed E-state index contributed by atoms with van der Waals surface area (Å²) in [7, 11) is 0. The van der Waals surface area contributed by atoms with Gasteiger partial charge in [-0.3, -0.25) is 4.79 Å². The largest absolute Gasteiger partial charge is 0.489 e. The molecule has 1 amide bonds. The first-order valence-electron chi connectivity index (χ1n) is 12.5. The van der Waals surface area contributed by atoms with Crippen LogP contribution >= 0.6 is 15.9 Å². The molecule has 202 valence electrons. The van der Waals surface area contributed by atoms with Crippen molar-refractivity contribution in [1.29, 1.82) is 0 Å². The van der Waals surface area contributed by atoms with Gasteiger partial charge in [0.2, 0.25) is 0 Å². The summed E-state index contributed by atoms with van der Waals surface area (Å²) < 4.78 is 17.7. The van der Waals surface area contributed by atoms with Gasteiger partial charge < -0.3 is 14.2 Å². The van der Waals surface area contributed by atoms with E-state index < -0.39 is 18.0 Å². The SMILES string of the molecule is CC(Oc1ccc(OCc2ccccc2)cc1)C(=O)N/N=C/c1cc(Br)ccc1OC(=O)/C=C/c1ccccc1. The van der Waals surface area contributed by atoms with Gasteiger partial charge in [-0.2, -0.15) is 5.10 Å². The van der Waals surface area contributed by atoms with Gasteiger partial charge in [0.15, 0.2) is 6.10 Å². The number of carbonyl (C=O) groups is 2. The van der Waals surface area contributed by atoms with Crippen molar-refractivity contribution < 1.29 is 23.8 Å². The zero-order valence-electron chi connectivity index (χ0n) is 21.7. The number of benzene rings is 4. The predicted molar refractivity (Wildman–Crippen MR) is 158 cm³/mol. The number of hydrogen-bond donors (Lipinski definition) is 1. The van der Waals surface area contributed by atoms with Crippen molar-refractivity contribution in [2.24, 2.45) is 5.10 Å². The maximum Gasteiger partial charge on any atom is 0.336 e. The van der Waals surface area contributed by atoms with Gasteiger partial charge in [-0.05, 0) is 66.6 Å². The molecule has 4 aromatic rings. The molecule has 4 aromatic carbocycles. The summed E-state index contributed by atoms with van der Waals surface area (Å²) in [4.78, 5) is 24.9. The number of hydrogen-bond acceptors (Lipinski definition) is 6. The highest BCUT2D eigenvalue weighted by atomic mass is 79.9. The van der Waals surface area contributed by atoms with Crippen molar-refractivity contribution in [3.05, 3.63) is 130 Å². The molecule has 0 aliphatic carbocycles. The lowest BCUT2D eigenvalue weighted by atomic mass is 10.2. The average Bonchev–Trinajstić information content (AvgIpc) is 2.98. The fourth-order valence-electron chi connectivity index (χ4n) is 3.45. The molecule has 1 unspecified atom stereocenters. The number of carbonyl (C=O) groups excluding carboxylic acids is 2. The van der Waals surface area contributed by atoms with Crippen LogP contribution in [-0.2, 0) is 16.2 Å². The van der Waals surface area contributed by atoms with E-state index in [1.807, 2.05) is 60.7 Å². The van der Waals surface area contributed by atoms with Gasteiger partial charge in [0.25, 0.3) is 5.91 Å². The molecule has 0 aromatic heterocycles. The van der Waals surface area contributed by atoms with Crippen molar-refractivity contribution >= 4 is 40.1 Å². The molecule has 8 heteroatoms. The number of nitrogens with one attached hydrogen (secondary N) is 1. The van der Waals surface area contributed by atoms with Gasteiger partial charge in [-0.25, -0.2) is 10.2 Å². The Morgan fingerprint density at radius 3 is 2.30 bits per heavy atom. The van der Waals surface area contributed by atoms with E-state index in [9.17, 15) is 9.59 Å². The fraction of sp³-hybridized carbons (Fsp3) is 0.0938. The van der Waals surface area contributed by atoms with Gasteiger partial charge in [0.1, 0.15) is 23.9 Å². The molecule has 40 heavy (non-hydrogen) atoms. The van der Waals surface area contributed by atoms with Crippen LogP contribution in [0.25, 0.3) is 6.08 Å². The lowest BCUT2D eigenvalue weighted by Gasteiger charge is -2.13. The highest BCUT2D eigenvalue weighted by Gasteiger charge is 2.14. The van der Waals surface area contributed by atoms with Gasteiger partial charge in [0.05, 0.1) is 6.21 Å². The molecule has 0 aliphatic rings. The van der Waals surface area contributed by atoms with E-state index in [2.05, 4.69) is 26.5 Å².